The van der Waals surface area contributed by atoms with Crippen molar-refractivity contribution in [3.63, 3.8) is 0 Å². The second kappa shape index (κ2) is 7.98. The molecule has 0 spiro atoms. The maximum atomic E-state index is 13.2. The number of amides is 2. The van der Waals surface area contributed by atoms with Crippen LogP contribution in [0.2, 0.25) is 0 Å². The lowest BCUT2D eigenvalue weighted by molar-refractivity contribution is -0.135. The van der Waals surface area contributed by atoms with Gasteiger partial charge in [0.1, 0.15) is 0 Å². The van der Waals surface area contributed by atoms with Crippen LogP contribution in [0.25, 0.3) is 0 Å². The first kappa shape index (κ1) is 17.9. The average Bonchev–Trinajstić information content (AvgIpc) is 3.08. The van der Waals surface area contributed by atoms with Crippen LogP contribution in [0.3, 0.4) is 0 Å². The van der Waals surface area contributed by atoms with E-state index in [0.717, 1.165) is 63.7 Å². The van der Waals surface area contributed by atoms with Crippen molar-refractivity contribution in [1.29, 1.82) is 0 Å². The van der Waals surface area contributed by atoms with Gasteiger partial charge in [-0.05, 0) is 44.7 Å². The smallest absolute Gasteiger partial charge is 0.255 e. The van der Waals surface area contributed by atoms with Crippen LogP contribution in [0, 0.1) is 12.8 Å². The Hall–Kier alpha value is -1.91. The Morgan fingerprint density at radius 1 is 1.08 bits per heavy atom. The largest absolute Gasteiger partial charge is 0.345 e. The van der Waals surface area contributed by atoms with E-state index in [9.17, 15) is 9.59 Å². The number of aromatic nitrogens is 1. The fourth-order valence-corrected chi connectivity index (χ4v) is 4.16. The summed E-state index contributed by atoms with van der Waals surface area (Å²) in [7, 11) is 1.91. The van der Waals surface area contributed by atoms with Gasteiger partial charge in [0.05, 0.1) is 11.5 Å². The molecule has 5 heteroatoms. The van der Waals surface area contributed by atoms with E-state index in [1.54, 1.807) is 6.20 Å². The van der Waals surface area contributed by atoms with Gasteiger partial charge in [-0.1, -0.05) is 19.3 Å². The number of carbonyl (C=O) groups is 2. The molecule has 3 rings (SSSR count). The normalized spacial score (nSPS) is 25.4. The van der Waals surface area contributed by atoms with Crippen molar-refractivity contribution in [2.45, 2.75) is 57.9 Å². The summed E-state index contributed by atoms with van der Waals surface area (Å²) >= 11 is 0. The second-order valence-electron chi connectivity index (χ2n) is 7.47. The number of hydrogen-bond donors (Lipinski definition) is 0. The van der Waals surface area contributed by atoms with Gasteiger partial charge in [0.2, 0.25) is 5.91 Å². The Balaban J connectivity index is 1.86. The number of nitrogens with zero attached hydrogens (tertiary/aromatic N) is 3. The highest BCUT2D eigenvalue weighted by molar-refractivity contribution is 5.94. The average molecular weight is 343 g/mol. The number of rotatable bonds is 1. The Kier molecular flexibility index (Phi) is 5.71. The number of aryl methyl sites for hydroxylation is 1. The van der Waals surface area contributed by atoms with Crippen molar-refractivity contribution >= 4 is 11.8 Å². The van der Waals surface area contributed by atoms with Crippen LogP contribution in [-0.2, 0) is 4.79 Å². The summed E-state index contributed by atoms with van der Waals surface area (Å²) in [6.07, 6.45) is 8.78. The van der Waals surface area contributed by atoms with Crippen LogP contribution < -0.4 is 0 Å². The van der Waals surface area contributed by atoms with Crippen molar-refractivity contribution < 1.29 is 9.59 Å². The number of pyridine rings is 1. The first-order chi connectivity index (χ1) is 12.1. The van der Waals surface area contributed by atoms with Gasteiger partial charge in [0, 0.05) is 38.1 Å². The van der Waals surface area contributed by atoms with Crippen molar-refractivity contribution in [3.05, 3.63) is 29.6 Å². The molecule has 2 aliphatic rings. The Morgan fingerprint density at radius 2 is 1.84 bits per heavy atom. The fraction of sp³-hybridized carbons (Fsp3) is 0.650. The van der Waals surface area contributed by atoms with Crippen LogP contribution in [0.4, 0.5) is 0 Å². The van der Waals surface area contributed by atoms with Crippen LogP contribution in [0.5, 0.6) is 0 Å². The molecule has 1 aliphatic heterocycles. The van der Waals surface area contributed by atoms with Gasteiger partial charge in [0.25, 0.3) is 5.91 Å². The summed E-state index contributed by atoms with van der Waals surface area (Å²) < 4.78 is 0. The third-order valence-electron chi connectivity index (χ3n) is 5.63. The molecule has 1 saturated heterocycles. The summed E-state index contributed by atoms with van der Waals surface area (Å²) in [5.41, 5.74) is 1.54. The lowest BCUT2D eigenvalue weighted by Crippen LogP contribution is -2.47. The highest BCUT2D eigenvalue weighted by Crippen LogP contribution is 2.33. The van der Waals surface area contributed by atoms with Crippen LogP contribution in [-0.4, -0.2) is 52.8 Å². The van der Waals surface area contributed by atoms with Crippen molar-refractivity contribution in [2.24, 2.45) is 5.92 Å². The molecule has 2 atom stereocenters. The van der Waals surface area contributed by atoms with Crippen molar-refractivity contribution in [2.75, 3.05) is 20.1 Å². The summed E-state index contributed by atoms with van der Waals surface area (Å²) in [5, 5.41) is 0. The maximum absolute atomic E-state index is 13.2. The zero-order chi connectivity index (χ0) is 17.8. The predicted molar refractivity (Wildman–Crippen MR) is 97.2 cm³/mol. The molecule has 1 aliphatic carbocycles. The van der Waals surface area contributed by atoms with E-state index in [0.29, 0.717) is 5.56 Å². The lowest BCUT2D eigenvalue weighted by Gasteiger charge is -2.34. The Bertz CT molecular complexity index is 614. The fourth-order valence-electron chi connectivity index (χ4n) is 4.16. The molecule has 25 heavy (non-hydrogen) atoms. The summed E-state index contributed by atoms with van der Waals surface area (Å²) in [6, 6.07) is 3.76. The molecule has 2 fully saturated rings. The van der Waals surface area contributed by atoms with E-state index >= 15 is 0 Å². The zero-order valence-corrected chi connectivity index (χ0v) is 15.4. The van der Waals surface area contributed by atoms with E-state index < -0.39 is 0 Å². The Labute approximate surface area is 150 Å². The van der Waals surface area contributed by atoms with E-state index in [1.807, 2.05) is 35.9 Å². The lowest BCUT2D eigenvalue weighted by atomic mass is 9.99. The standard InChI is InChI=1S/C20H29N3O2/c1-15-10-11-16(14-21-15)19(24)23-13-6-4-3-5-12-22(2)20(25)17-8-7-9-18(17)23/h10-11,14,17-18H,3-9,12-13H2,1-2H3. The van der Waals surface area contributed by atoms with Gasteiger partial charge in [-0.15, -0.1) is 0 Å². The Morgan fingerprint density at radius 3 is 2.56 bits per heavy atom. The van der Waals surface area contributed by atoms with E-state index in [-0.39, 0.29) is 23.8 Å². The third kappa shape index (κ3) is 4.02. The SMILES string of the molecule is Cc1ccc(C(=O)N2CCCCCCN(C)C(=O)C3CCCC32)cn1. The van der Waals surface area contributed by atoms with Crippen molar-refractivity contribution in [1.82, 2.24) is 14.8 Å². The van der Waals surface area contributed by atoms with Crippen LogP contribution in [0.15, 0.2) is 18.3 Å². The molecule has 0 N–H and O–H groups in total. The molecule has 5 nitrogen and oxygen atoms in total. The minimum Gasteiger partial charge on any atom is -0.345 e. The molecule has 1 aromatic heterocycles. The van der Waals surface area contributed by atoms with Crippen LogP contribution in [0.1, 0.15) is 61.0 Å². The number of carbonyl (C=O) groups excluding carboxylic acids is 2. The molecule has 2 unspecified atom stereocenters. The zero-order valence-electron chi connectivity index (χ0n) is 15.4. The van der Waals surface area contributed by atoms with E-state index in [2.05, 4.69) is 4.98 Å². The highest BCUT2D eigenvalue weighted by atomic mass is 16.2. The molecule has 2 heterocycles. The van der Waals surface area contributed by atoms with Crippen molar-refractivity contribution in [3.8, 4) is 0 Å². The molecule has 2 amide bonds. The summed E-state index contributed by atoms with van der Waals surface area (Å²) in [6.45, 7) is 3.49. The number of fused-ring (bicyclic) bond motifs is 1. The summed E-state index contributed by atoms with van der Waals surface area (Å²) in [5.74, 6) is 0.189. The minimum absolute atomic E-state index is 0.0269. The summed E-state index contributed by atoms with van der Waals surface area (Å²) in [4.78, 5) is 34.2. The molecule has 0 radical (unpaired) electrons. The highest BCUT2D eigenvalue weighted by Gasteiger charge is 2.40. The molecule has 0 aromatic carbocycles. The third-order valence-corrected chi connectivity index (χ3v) is 5.63. The second-order valence-corrected chi connectivity index (χ2v) is 7.47. The van der Waals surface area contributed by atoms with Gasteiger partial charge in [-0.2, -0.15) is 0 Å². The van der Waals surface area contributed by atoms with Gasteiger partial charge in [-0.3, -0.25) is 14.6 Å². The monoisotopic (exact) mass is 343 g/mol. The number of hydrogen-bond acceptors (Lipinski definition) is 3. The predicted octanol–water partition coefficient (Wildman–Crippen LogP) is 3.03. The van der Waals surface area contributed by atoms with E-state index in [4.69, 9.17) is 0 Å². The molecule has 0 bridgehead atoms. The molecular weight excluding hydrogens is 314 g/mol. The quantitative estimate of drug-likeness (QED) is 0.787. The topological polar surface area (TPSA) is 53.5 Å². The maximum Gasteiger partial charge on any atom is 0.255 e. The van der Waals surface area contributed by atoms with Crippen LogP contribution >= 0.6 is 0 Å². The first-order valence-electron chi connectivity index (χ1n) is 9.56. The molecular formula is C20H29N3O2. The van der Waals surface area contributed by atoms with Gasteiger partial charge < -0.3 is 9.80 Å². The van der Waals surface area contributed by atoms with Gasteiger partial charge >= 0.3 is 0 Å². The first-order valence-corrected chi connectivity index (χ1v) is 9.56. The molecule has 1 saturated carbocycles. The molecule has 136 valence electrons. The molecule has 1 aromatic rings. The van der Waals surface area contributed by atoms with Gasteiger partial charge in [-0.25, -0.2) is 0 Å². The van der Waals surface area contributed by atoms with Gasteiger partial charge in [0.15, 0.2) is 0 Å². The van der Waals surface area contributed by atoms with E-state index in [1.165, 1.54) is 0 Å². The minimum atomic E-state index is -0.0505.